The van der Waals surface area contributed by atoms with Gasteiger partial charge in [0.15, 0.2) is 0 Å². The number of amides is 1. The fourth-order valence-electron chi connectivity index (χ4n) is 2.30. The van der Waals surface area contributed by atoms with Crippen LogP contribution in [0.3, 0.4) is 0 Å². The molecule has 1 aromatic carbocycles. The molecule has 0 aliphatic rings. The summed E-state index contributed by atoms with van der Waals surface area (Å²) >= 11 is 0. The zero-order valence-corrected chi connectivity index (χ0v) is 11.5. The molecule has 0 atom stereocenters. The van der Waals surface area contributed by atoms with Gasteiger partial charge in [-0.2, -0.15) is 0 Å². The van der Waals surface area contributed by atoms with Crippen LogP contribution in [0.25, 0.3) is 10.9 Å². The van der Waals surface area contributed by atoms with Gasteiger partial charge in [-0.1, -0.05) is 6.07 Å². The maximum atomic E-state index is 13.3. The van der Waals surface area contributed by atoms with Crippen LogP contribution in [0.15, 0.2) is 48.8 Å². The minimum Gasteiger partial charge on any atom is -0.347 e. The van der Waals surface area contributed by atoms with Crippen LogP contribution in [-0.2, 0) is 13.6 Å². The van der Waals surface area contributed by atoms with Crippen LogP contribution in [0.2, 0.25) is 0 Å². The number of hydrogen-bond donors (Lipinski definition) is 1. The quantitative estimate of drug-likeness (QED) is 0.803. The normalized spacial score (nSPS) is 10.8. The number of rotatable bonds is 3. The van der Waals surface area contributed by atoms with Crippen molar-refractivity contribution in [1.82, 2.24) is 14.9 Å². The summed E-state index contributed by atoms with van der Waals surface area (Å²) in [5.74, 6) is -0.510. The van der Waals surface area contributed by atoms with Crippen molar-refractivity contribution < 1.29 is 9.18 Å². The van der Waals surface area contributed by atoms with E-state index in [1.807, 2.05) is 12.1 Å². The molecular formula is C16H14FN3O. The molecule has 0 unspecified atom stereocenters. The van der Waals surface area contributed by atoms with E-state index in [9.17, 15) is 9.18 Å². The summed E-state index contributed by atoms with van der Waals surface area (Å²) in [6.07, 6.45) is 3.39. The maximum Gasteiger partial charge on any atom is 0.268 e. The zero-order valence-electron chi connectivity index (χ0n) is 11.5. The van der Waals surface area contributed by atoms with E-state index in [1.54, 1.807) is 36.1 Å². The van der Waals surface area contributed by atoms with Gasteiger partial charge in [0.25, 0.3) is 5.91 Å². The number of nitrogens with one attached hydrogen (secondary N) is 1. The van der Waals surface area contributed by atoms with Gasteiger partial charge in [0.2, 0.25) is 0 Å². The van der Waals surface area contributed by atoms with Crippen LogP contribution in [0, 0.1) is 5.82 Å². The maximum absolute atomic E-state index is 13.3. The Morgan fingerprint density at radius 1 is 1.33 bits per heavy atom. The van der Waals surface area contributed by atoms with Crippen LogP contribution in [0.1, 0.15) is 16.1 Å². The molecule has 3 aromatic rings. The Morgan fingerprint density at radius 3 is 2.95 bits per heavy atom. The summed E-state index contributed by atoms with van der Waals surface area (Å²) in [6.45, 7) is 0.405. The lowest BCUT2D eigenvalue weighted by molar-refractivity contribution is 0.0943. The Hall–Kier alpha value is -2.69. The largest absolute Gasteiger partial charge is 0.347 e. The molecule has 0 bridgehead atoms. The molecule has 0 aliphatic carbocycles. The van der Waals surface area contributed by atoms with E-state index >= 15 is 0 Å². The Balaban J connectivity index is 1.83. The van der Waals surface area contributed by atoms with Gasteiger partial charge >= 0.3 is 0 Å². The van der Waals surface area contributed by atoms with Gasteiger partial charge in [0, 0.05) is 31.4 Å². The number of carbonyl (C=O) groups excluding carboxylic acids is 1. The third kappa shape index (κ3) is 2.63. The van der Waals surface area contributed by atoms with Crippen LogP contribution in [0.5, 0.6) is 0 Å². The molecule has 0 fully saturated rings. The number of fused-ring (bicyclic) bond motifs is 1. The lowest BCUT2D eigenvalue weighted by Crippen LogP contribution is -2.24. The van der Waals surface area contributed by atoms with Crippen LogP contribution >= 0.6 is 0 Å². The minimum atomic E-state index is -0.314. The lowest BCUT2D eigenvalue weighted by atomic mass is 10.2. The lowest BCUT2D eigenvalue weighted by Gasteiger charge is -2.06. The van der Waals surface area contributed by atoms with Crippen molar-refractivity contribution in [3.8, 4) is 0 Å². The van der Waals surface area contributed by atoms with E-state index in [0.717, 1.165) is 10.9 Å². The highest BCUT2D eigenvalue weighted by molar-refractivity contribution is 5.98. The molecule has 2 aromatic heterocycles. The summed E-state index contributed by atoms with van der Waals surface area (Å²) in [6, 6.07) is 9.95. The average molecular weight is 283 g/mol. The second-order valence-electron chi connectivity index (χ2n) is 4.84. The van der Waals surface area contributed by atoms with E-state index in [2.05, 4.69) is 10.3 Å². The summed E-state index contributed by atoms with van der Waals surface area (Å²) in [5.41, 5.74) is 2.12. The number of aromatic nitrogens is 2. The second-order valence-corrected chi connectivity index (χ2v) is 4.84. The minimum absolute atomic E-state index is 0.196. The first-order valence-electron chi connectivity index (χ1n) is 6.57. The third-order valence-electron chi connectivity index (χ3n) is 3.42. The van der Waals surface area contributed by atoms with Crippen molar-refractivity contribution in [2.45, 2.75) is 6.54 Å². The molecule has 0 spiro atoms. The highest BCUT2D eigenvalue weighted by Crippen LogP contribution is 2.19. The molecule has 2 heterocycles. The van der Waals surface area contributed by atoms with Crippen LogP contribution in [0.4, 0.5) is 4.39 Å². The Kier molecular flexibility index (Phi) is 3.39. The number of pyridine rings is 1. The summed E-state index contributed by atoms with van der Waals surface area (Å²) in [4.78, 5) is 16.2. The fraction of sp³-hybridized carbons (Fsp3) is 0.125. The van der Waals surface area contributed by atoms with Crippen molar-refractivity contribution in [1.29, 1.82) is 0 Å². The van der Waals surface area contributed by atoms with E-state index < -0.39 is 0 Å². The average Bonchev–Trinajstić information content (AvgIpc) is 2.83. The first kappa shape index (κ1) is 13.3. The molecule has 4 nitrogen and oxygen atoms in total. The van der Waals surface area contributed by atoms with Crippen molar-refractivity contribution in [3.05, 3.63) is 65.9 Å². The number of aryl methyl sites for hydroxylation is 1. The molecule has 5 heteroatoms. The molecule has 21 heavy (non-hydrogen) atoms. The van der Waals surface area contributed by atoms with Crippen molar-refractivity contribution in [2.75, 3.05) is 0 Å². The highest BCUT2D eigenvalue weighted by Gasteiger charge is 2.13. The smallest absolute Gasteiger partial charge is 0.268 e. The number of halogens is 1. The summed E-state index contributed by atoms with van der Waals surface area (Å²) in [5, 5.41) is 3.68. The Bertz CT molecular complexity index is 796. The molecule has 0 saturated carbocycles. The first-order valence-corrected chi connectivity index (χ1v) is 6.57. The van der Waals surface area contributed by atoms with Crippen LogP contribution in [-0.4, -0.2) is 15.5 Å². The number of hydrogen-bond acceptors (Lipinski definition) is 2. The molecule has 0 aliphatic heterocycles. The number of nitrogens with zero attached hydrogens (tertiary/aromatic N) is 2. The molecule has 106 valence electrons. The SMILES string of the molecule is Cn1c(C(=O)NCc2cccnc2)cc2ccc(F)cc21. The standard InChI is InChI=1S/C16H14FN3O/c1-20-14-8-13(17)5-4-12(14)7-15(20)16(21)19-10-11-3-2-6-18-9-11/h2-9H,10H2,1H3,(H,19,21). The zero-order chi connectivity index (χ0) is 14.8. The van der Waals surface area contributed by atoms with Crippen molar-refractivity contribution in [2.24, 2.45) is 7.05 Å². The number of carbonyl (C=O) groups is 1. The second kappa shape index (κ2) is 5.36. The molecular weight excluding hydrogens is 269 g/mol. The van der Waals surface area contributed by atoms with E-state index in [0.29, 0.717) is 17.8 Å². The monoisotopic (exact) mass is 283 g/mol. The molecule has 0 radical (unpaired) electrons. The van der Waals surface area contributed by atoms with Gasteiger partial charge in [-0.05, 0) is 35.9 Å². The fourth-order valence-corrected chi connectivity index (χ4v) is 2.30. The van der Waals surface area contributed by atoms with E-state index in [-0.39, 0.29) is 11.7 Å². The first-order chi connectivity index (χ1) is 10.1. The summed E-state index contributed by atoms with van der Waals surface area (Å²) < 4.78 is 15.0. The van der Waals surface area contributed by atoms with Crippen molar-refractivity contribution >= 4 is 16.8 Å². The topological polar surface area (TPSA) is 46.9 Å². The van der Waals surface area contributed by atoms with Gasteiger partial charge in [0.1, 0.15) is 11.5 Å². The predicted octanol–water partition coefficient (Wildman–Crippen LogP) is 2.64. The molecule has 1 N–H and O–H groups in total. The van der Waals surface area contributed by atoms with E-state index in [1.165, 1.54) is 12.1 Å². The van der Waals surface area contributed by atoms with Gasteiger partial charge in [0.05, 0.1) is 5.52 Å². The molecule has 0 saturated heterocycles. The van der Waals surface area contributed by atoms with Gasteiger partial charge in [-0.3, -0.25) is 9.78 Å². The van der Waals surface area contributed by atoms with Crippen molar-refractivity contribution in [3.63, 3.8) is 0 Å². The van der Waals surface area contributed by atoms with Gasteiger partial charge in [-0.25, -0.2) is 4.39 Å². The Labute approximate surface area is 121 Å². The summed E-state index contributed by atoms with van der Waals surface area (Å²) in [7, 11) is 1.75. The molecule has 3 rings (SSSR count). The highest BCUT2D eigenvalue weighted by atomic mass is 19.1. The predicted molar refractivity (Wildman–Crippen MR) is 78.3 cm³/mol. The van der Waals surface area contributed by atoms with Gasteiger partial charge in [-0.15, -0.1) is 0 Å². The number of benzene rings is 1. The Morgan fingerprint density at radius 2 is 2.19 bits per heavy atom. The third-order valence-corrected chi connectivity index (χ3v) is 3.42. The van der Waals surface area contributed by atoms with E-state index in [4.69, 9.17) is 0 Å². The van der Waals surface area contributed by atoms with Gasteiger partial charge < -0.3 is 9.88 Å². The van der Waals surface area contributed by atoms with Crippen LogP contribution < -0.4 is 5.32 Å². The molecule has 1 amide bonds.